The van der Waals surface area contributed by atoms with Crippen LogP contribution < -0.4 is 10.6 Å². The minimum absolute atomic E-state index is 0.534. The van der Waals surface area contributed by atoms with Gasteiger partial charge in [0.15, 0.2) is 0 Å². The summed E-state index contributed by atoms with van der Waals surface area (Å²) < 4.78 is 0. The van der Waals surface area contributed by atoms with Gasteiger partial charge in [-0.05, 0) is 32.9 Å². The fourth-order valence-corrected chi connectivity index (χ4v) is 2.22. The van der Waals surface area contributed by atoms with Gasteiger partial charge in [-0.3, -0.25) is 0 Å². The third-order valence-corrected chi connectivity index (χ3v) is 3.42. The maximum absolute atomic E-state index is 5.96. The highest BCUT2D eigenvalue weighted by Gasteiger charge is 2.27. The van der Waals surface area contributed by atoms with E-state index in [-0.39, 0.29) is 0 Å². The van der Waals surface area contributed by atoms with Crippen molar-refractivity contribution in [1.29, 1.82) is 0 Å². The topological polar surface area (TPSA) is 58.3 Å². The molecule has 0 amide bonds. The zero-order chi connectivity index (χ0) is 14.7. The third kappa shape index (κ3) is 4.34. The molecule has 0 atom stereocenters. The molecule has 0 aromatic carbocycles. The molecule has 0 aliphatic heterocycles. The van der Waals surface area contributed by atoms with Crippen LogP contribution in [0.4, 0.5) is 11.6 Å². The molecule has 0 radical (unpaired) electrons. The van der Waals surface area contributed by atoms with Crippen molar-refractivity contribution < 1.29 is 0 Å². The first kappa shape index (κ1) is 15.0. The summed E-state index contributed by atoms with van der Waals surface area (Å²) in [6, 6.07) is 1.91. The normalized spacial score (nSPS) is 15.1. The molecule has 1 aliphatic carbocycles. The summed E-state index contributed by atoms with van der Waals surface area (Å²) in [6.45, 7) is 7.43. The average Bonchev–Trinajstić information content (AvgIpc) is 3.17. The lowest BCUT2D eigenvalue weighted by Gasteiger charge is -2.27. The van der Waals surface area contributed by atoms with Crippen molar-refractivity contribution >= 4 is 11.6 Å². The van der Waals surface area contributed by atoms with Gasteiger partial charge in [0.25, 0.3) is 0 Å². The van der Waals surface area contributed by atoms with Gasteiger partial charge in [-0.1, -0.05) is 13.8 Å². The number of likely N-dealkylation sites (N-methyl/N-ethyl adjacent to an activating group) is 1. The van der Waals surface area contributed by atoms with E-state index in [4.69, 9.17) is 10.7 Å². The lowest BCUT2D eigenvalue weighted by Crippen LogP contribution is -2.35. The summed E-state index contributed by atoms with van der Waals surface area (Å²) in [5.41, 5.74) is 5.96. The lowest BCUT2D eigenvalue weighted by molar-refractivity contribution is 0.408. The van der Waals surface area contributed by atoms with E-state index in [9.17, 15) is 0 Å². The van der Waals surface area contributed by atoms with E-state index in [1.54, 1.807) is 0 Å². The van der Waals surface area contributed by atoms with Crippen molar-refractivity contribution in [3.05, 3.63) is 11.9 Å². The molecule has 0 saturated heterocycles. The Balaban J connectivity index is 2.17. The van der Waals surface area contributed by atoms with Crippen LogP contribution in [0.15, 0.2) is 6.07 Å². The Morgan fingerprint density at radius 3 is 2.50 bits per heavy atom. The molecule has 5 nitrogen and oxygen atoms in total. The molecule has 1 aromatic rings. The summed E-state index contributed by atoms with van der Waals surface area (Å²) >= 11 is 0. The van der Waals surface area contributed by atoms with Crippen LogP contribution in [0.1, 0.15) is 38.4 Å². The van der Waals surface area contributed by atoms with Crippen molar-refractivity contribution in [2.75, 3.05) is 44.4 Å². The third-order valence-electron chi connectivity index (χ3n) is 3.42. The number of aromatic nitrogens is 2. The first-order valence-electron chi connectivity index (χ1n) is 7.50. The molecule has 1 saturated carbocycles. The Bertz CT molecular complexity index is 440. The van der Waals surface area contributed by atoms with Crippen LogP contribution in [0.25, 0.3) is 0 Å². The number of hydrogen-bond acceptors (Lipinski definition) is 5. The molecular formula is C15H27N5. The van der Waals surface area contributed by atoms with Crippen LogP contribution in [0, 0.1) is 5.92 Å². The first-order chi connectivity index (χ1) is 9.45. The number of rotatable bonds is 7. The Morgan fingerprint density at radius 2 is 1.95 bits per heavy atom. The van der Waals surface area contributed by atoms with Crippen LogP contribution in [0.2, 0.25) is 0 Å². The number of nitrogens with two attached hydrogens (primary N) is 1. The summed E-state index contributed by atoms with van der Waals surface area (Å²) in [5.74, 6) is 3.63. The summed E-state index contributed by atoms with van der Waals surface area (Å²) in [5, 5.41) is 0. The second-order valence-corrected chi connectivity index (χ2v) is 6.43. The summed E-state index contributed by atoms with van der Waals surface area (Å²) in [6.07, 6.45) is 2.40. The van der Waals surface area contributed by atoms with Crippen LogP contribution in [0.5, 0.6) is 0 Å². The highest BCUT2D eigenvalue weighted by atomic mass is 15.2. The second-order valence-electron chi connectivity index (χ2n) is 6.43. The van der Waals surface area contributed by atoms with Crippen LogP contribution in [0.3, 0.4) is 0 Å². The smallest absolute Gasteiger partial charge is 0.136 e. The Kier molecular flexibility index (Phi) is 4.81. The van der Waals surface area contributed by atoms with Gasteiger partial charge < -0.3 is 15.5 Å². The number of hydrogen-bond donors (Lipinski definition) is 1. The van der Waals surface area contributed by atoms with Gasteiger partial charge in [0, 0.05) is 31.6 Å². The van der Waals surface area contributed by atoms with E-state index < -0.39 is 0 Å². The van der Waals surface area contributed by atoms with Crippen LogP contribution >= 0.6 is 0 Å². The molecule has 0 unspecified atom stereocenters. The molecule has 1 fully saturated rings. The molecule has 112 valence electrons. The quantitative estimate of drug-likeness (QED) is 0.825. The molecule has 1 aliphatic rings. The van der Waals surface area contributed by atoms with Gasteiger partial charge in [-0.25, -0.2) is 9.97 Å². The number of nitrogens with zero attached hydrogens (tertiary/aromatic N) is 4. The number of anilines is 2. The fourth-order valence-electron chi connectivity index (χ4n) is 2.22. The summed E-state index contributed by atoms with van der Waals surface area (Å²) in [4.78, 5) is 13.6. The van der Waals surface area contributed by atoms with E-state index in [0.717, 1.165) is 31.3 Å². The predicted molar refractivity (Wildman–Crippen MR) is 84.0 cm³/mol. The Morgan fingerprint density at radius 1 is 1.25 bits per heavy atom. The second kappa shape index (κ2) is 6.39. The zero-order valence-corrected chi connectivity index (χ0v) is 13.1. The van der Waals surface area contributed by atoms with E-state index in [0.29, 0.717) is 17.7 Å². The van der Waals surface area contributed by atoms with Crippen molar-refractivity contribution in [2.24, 2.45) is 5.92 Å². The van der Waals surface area contributed by atoms with Crippen LogP contribution in [-0.4, -0.2) is 48.6 Å². The van der Waals surface area contributed by atoms with Gasteiger partial charge in [-0.2, -0.15) is 0 Å². The van der Waals surface area contributed by atoms with Gasteiger partial charge in [-0.15, -0.1) is 0 Å². The monoisotopic (exact) mass is 277 g/mol. The van der Waals surface area contributed by atoms with E-state index in [1.165, 1.54) is 12.8 Å². The molecule has 5 heteroatoms. The fraction of sp³-hybridized carbons (Fsp3) is 0.733. The highest BCUT2D eigenvalue weighted by Crippen LogP contribution is 2.38. The van der Waals surface area contributed by atoms with Crippen LogP contribution in [-0.2, 0) is 0 Å². The zero-order valence-electron chi connectivity index (χ0n) is 13.1. The van der Waals surface area contributed by atoms with Gasteiger partial charge in [0.05, 0.1) is 0 Å². The van der Waals surface area contributed by atoms with Gasteiger partial charge in [0.1, 0.15) is 17.5 Å². The molecule has 1 heterocycles. The van der Waals surface area contributed by atoms with Gasteiger partial charge >= 0.3 is 0 Å². The SMILES string of the molecule is CC(C)CN(CCN(C)C)c1cc(N)nc(C2CC2)n1. The van der Waals surface area contributed by atoms with E-state index in [2.05, 4.69) is 42.7 Å². The average molecular weight is 277 g/mol. The summed E-state index contributed by atoms with van der Waals surface area (Å²) in [7, 11) is 4.19. The molecule has 2 N–H and O–H groups in total. The van der Waals surface area contributed by atoms with E-state index in [1.807, 2.05) is 6.07 Å². The standard InChI is InChI=1S/C15H27N5/c1-11(2)10-20(8-7-19(3)4)14-9-13(16)17-15(18-14)12-5-6-12/h9,11-12H,5-8,10H2,1-4H3,(H2,16,17,18). The number of nitrogen functional groups attached to an aromatic ring is 1. The molecule has 0 spiro atoms. The van der Waals surface area contributed by atoms with Crippen molar-refractivity contribution in [3.63, 3.8) is 0 Å². The maximum atomic E-state index is 5.96. The lowest BCUT2D eigenvalue weighted by atomic mass is 10.2. The highest BCUT2D eigenvalue weighted by molar-refractivity contribution is 5.47. The van der Waals surface area contributed by atoms with E-state index >= 15 is 0 Å². The maximum Gasteiger partial charge on any atom is 0.136 e. The van der Waals surface area contributed by atoms with Crippen molar-refractivity contribution in [2.45, 2.75) is 32.6 Å². The van der Waals surface area contributed by atoms with Crippen molar-refractivity contribution in [1.82, 2.24) is 14.9 Å². The molecule has 20 heavy (non-hydrogen) atoms. The largest absolute Gasteiger partial charge is 0.384 e. The predicted octanol–water partition coefficient (Wildman–Crippen LogP) is 1.96. The van der Waals surface area contributed by atoms with Gasteiger partial charge in [0.2, 0.25) is 0 Å². The molecule has 1 aromatic heterocycles. The van der Waals surface area contributed by atoms with Crippen molar-refractivity contribution in [3.8, 4) is 0 Å². The molecule has 0 bridgehead atoms. The first-order valence-corrected chi connectivity index (χ1v) is 7.50. The molecule has 2 rings (SSSR count). The minimum Gasteiger partial charge on any atom is -0.384 e. The molecular weight excluding hydrogens is 250 g/mol. The minimum atomic E-state index is 0.534. The Hall–Kier alpha value is -1.36. The Labute approximate surface area is 122 Å².